The number of aromatic nitrogens is 1. The predicted octanol–water partition coefficient (Wildman–Crippen LogP) is 2.78. The highest BCUT2D eigenvalue weighted by atomic mass is 79.9. The number of hydrogen-bond donors (Lipinski definition) is 1. The molecule has 1 fully saturated rings. The Bertz CT molecular complexity index is 503. The maximum absolute atomic E-state index is 12.1. The molecule has 110 valence electrons. The SMILES string of the molecule is CC(C)(C)OC(=O)N1OC(O)C[C@H]1c1cncc(Br)c1. The number of aliphatic hydroxyl groups excluding tert-OH is 1. The van der Waals surface area contributed by atoms with Crippen LogP contribution < -0.4 is 0 Å². The number of rotatable bonds is 1. The third kappa shape index (κ3) is 3.68. The minimum Gasteiger partial charge on any atom is -0.442 e. The van der Waals surface area contributed by atoms with Gasteiger partial charge in [-0.2, -0.15) is 5.06 Å². The van der Waals surface area contributed by atoms with Gasteiger partial charge in [0.2, 0.25) is 0 Å². The van der Waals surface area contributed by atoms with E-state index in [-0.39, 0.29) is 6.42 Å². The summed E-state index contributed by atoms with van der Waals surface area (Å²) < 4.78 is 6.06. The lowest BCUT2D eigenvalue weighted by atomic mass is 10.1. The van der Waals surface area contributed by atoms with Crippen LogP contribution >= 0.6 is 15.9 Å². The Morgan fingerprint density at radius 1 is 1.55 bits per heavy atom. The Morgan fingerprint density at radius 2 is 2.25 bits per heavy atom. The van der Waals surface area contributed by atoms with E-state index in [1.807, 2.05) is 6.07 Å². The van der Waals surface area contributed by atoms with Gasteiger partial charge in [-0.25, -0.2) is 9.63 Å². The summed E-state index contributed by atoms with van der Waals surface area (Å²) in [5.74, 6) is 0. The van der Waals surface area contributed by atoms with Gasteiger partial charge >= 0.3 is 6.09 Å². The number of carbonyl (C=O) groups excluding carboxylic acids is 1. The van der Waals surface area contributed by atoms with Crippen LogP contribution in [-0.4, -0.2) is 33.1 Å². The highest BCUT2D eigenvalue weighted by Crippen LogP contribution is 2.34. The highest BCUT2D eigenvalue weighted by molar-refractivity contribution is 9.10. The van der Waals surface area contributed by atoms with Crippen LogP contribution in [-0.2, 0) is 9.57 Å². The van der Waals surface area contributed by atoms with Gasteiger partial charge in [0.25, 0.3) is 0 Å². The molecule has 0 aromatic carbocycles. The lowest BCUT2D eigenvalue weighted by Crippen LogP contribution is -2.36. The molecule has 1 aliphatic rings. The molecule has 2 heterocycles. The monoisotopic (exact) mass is 344 g/mol. The van der Waals surface area contributed by atoms with E-state index in [2.05, 4.69) is 20.9 Å². The molecule has 20 heavy (non-hydrogen) atoms. The summed E-state index contributed by atoms with van der Waals surface area (Å²) in [6.45, 7) is 5.31. The van der Waals surface area contributed by atoms with Crippen molar-refractivity contribution in [2.45, 2.75) is 45.1 Å². The predicted molar refractivity (Wildman–Crippen MR) is 74.5 cm³/mol. The lowest BCUT2D eigenvalue weighted by Gasteiger charge is -2.26. The van der Waals surface area contributed by atoms with E-state index >= 15 is 0 Å². The number of pyridine rings is 1. The zero-order valence-corrected chi connectivity index (χ0v) is 13.1. The van der Waals surface area contributed by atoms with Gasteiger partial charge in [0, 0.05) is 23.3 Å². The number of amides is 1. The number of nitrogens with zero attached hydrogens (tertiary/aromatic N) is 2. The Balaban J connectivity index is 2.21. The van der Waals surface area contributed by atoms with E-state index in [1.165, 1.54) is 0 Å². The van der Waals surface area contributed by atoms with Gasteiger partial charge in [0.1, 0.15) is 5.60 Å². The van der Waals surface area contributed by atoms with E-state index in [0.717, 1.165) is 15.1 Å². The number of ether oxygens (including phenoxy) is 1. The van der Waals surface area contributed by atoms with Crippen LogP contribution in [0.25, 0.3) is 0 Å². The molecule has 7 heteroatoms. The second-order valence-corrected chi connectivity index (χ2v) is 6.47. The largest absolute Gasteiger partial charge is 0.442 e. The van der Waals surface area contributed by atoms with Crippen LogP contribution in [0, 0.1) is 0 Å². The number of hydrogen-bond acceptors (Lipinski definition) is 5. The molecule has 2 rings (SSSR count). The minimum atomic E-state index is -1.04. The lowest BCUT2D eigenvalue weighted by molar-refractivity contribution is -0.207. The van der Waals surface area contributed by atoms with Crippen molar-refractivity contribution in [2.24, 2.45) is 0 Å². The topological polar surface area (TPSA) is 71.9 Å². The molecular formula is C13H17BrN2O4. The molecule has 0 spiro atoms. The molecule has 0 bridgehead atoms. The molecular weight excluding hydrogens is 328 g/mol. The van der Waals surface area contributed by atoms with Crippen LogP contribution in [0.15, 0.2) is 22.9 Å². The number of aliphatic hydroxyl groups is 1. The Morgan fingerprint density at radius 3 is 2.85 bits per heavy atom. The average Bonchev–Trinajstić information content (AvgIpc) is 2.69. The minimum absolute atomic E-state index is 0.275. The quantitative estimate of drug-likeness (QED) is 0.847. The Kier molecular flexibility index (Phi) is 4.31. The van der Waals surface area contributed by atoms with E-state index in [1.54, 1.807) is 33.2 Å². The van der Waals surface area contributed by atoms with Crippen LogP contribution in [0.4, 0.5) is 4.79 Å². The van der Waals surface area contributed by atoms with Crippen molar-refractivity contribution in [1.82, 2.24) is 10.0 Å². The molecule has 1 amide bonds. The van der Waals surface area contributed by atoms with Crippen molar-refractivity contribution in [3.63, 3.8) is 0 Å². The zero-order valence-electron chi connectivity index (χ0n) is 11.5. The Labute approximate surface area is 125 Å². The van der Waals surface area contributed by atoms with Gasteiger partial charge in [-0.1, -0.05) is 0 Å². The van der Waals surface area contributed by atoms with E-state index in [0.29, 0.717) is 0 Å². The average molecular weight is 345 g/mol. The van der Waals surface area contributed by atoms with Gasteiger partial charge in [0.05, 0.1) is 6.04 Å². The summed E-state index contributed by atoms with van der Waals surface area (Å²) in [6, 6.07) is 1.40. The third-order valence-electron chi connectivity index (χ3n) is 2.63. The van der Waals surface area contributed by atoms with Crippen molar-refractivity contribution in [3.05, 3.63) is 28.5 Å². The molecule has 1 unspecified atom stereocenters. The highest BCUT2D eigenvalue weighted by Gasteiger charge is 2.39. The van der Waals surface area contributed by atoms with Crippen LogP contribution in [0.3, 0.4) is 0 Å². The Hall–Kier alpha value is -1.18. The molecule has 0 aliphatic carbocycles. The smallest absolute Gasteiger partial charge is 0.435 e. The van der Waals surface area contributed by atoms with E-state index in [4.69, 9.17) is 9.57 Å². The van der Waals surface area contributed by atoms with E-state index < -0.39 is 24.0 Å². The number of halogens is 1. The van der Waals surface area contributed by atoms with Gasteiger partial charge in [-0.3, -0.25) is 4.98 Å². The third-order valence-corrected chi connectivity index (χ3v) is 3.06. The fourth-order valence-corrected chi connectivity index (χ4v) is 2.28. The second kappa shape index (κ2) is 5.67. The first-order chi connectivity index (χ1) is 9.26. The number of hydroxylamine groups is 2. The van der Waals surface area contributed by atoms with Crippen LogP contribution in [0.5, 0.6) is 0 Å². The summed E-state index contributed by atoms with van der Waals surface area (Å²) in [5, 5.41) is 10.7. The molecule has 6 nitrogen and oxygen atoms in total. The van der Waals surface area contributed by atoms with E-state index in [9.17, 15) is 9.90 Å². The van der Waals surface area contributed by atoms with Gasteiger partial charge < -0.3 is 9.84 Å². The summed E-state index contributed by atoms with van der Waals surface area (Å²) in [4.78, 5) is 21.3. The van der Waals surface area contributed by atoms with Crippen molar-refractivity contribution in [3.8, 4) is 0 Å². The molecule has 2 atom stereocenters. The first kappa shape index (κ1) is 15.2. The molecule has 1 N–H and O–H groups in total. The summed E-state index contributed by atoms with van der Waals surface area (Å²) in [5.41, 5.74) is 0.135. The molecule has 0 radical (unpaired) electrons. The fourth-order valence-electron chi connectivity index (χ4n) is 1.89. The summed E-state index contributed by atoms with van der Waals surface area (Å²) in [7, 11) is 0. The second-order valence-electron chi connectivity index (χ2n) is 5.55. The molecule has 0 saturated carbocycles. The first-order valence-electron chi connectivity index (χ1n) is 6.24. The molecule has 1 aromatic heterocycles. The normalized spacial score (nSPS) is 22.9. The zero-order chi connectivity index (χ0) is 14.9. The van der Waals surface area contributed by atoms with Gasteiger partial charge in [0.15, 0.2) is 6.29 Å². The first-order valence-corrected chi connectivity index (χ1v) is 7.03. The van der Waals surface area contributed by atoms with Crippen molar-refractivity contribution in [2.75, 3.05) is 0 Å². The molecule has 1 aromatic rings. The molecule has 1 aliphatic heterocycles. The van der Waals surface area contributed by atoms with Crippen LogP contribution in [0.2, 0.25) is 0 Å². The van der Waals surface area contributed by atoms with Crippen molar-refractivity contribution in [1.29, 1.82) is 0 Å². The number of carbonyl (C=O) groups is 1. The summed E-state index contributed by atoms with van der Waals surface area (Å²) >= 11 is 3.33. The van der Waals surface area contributed by atoms with Gasteiger partial charge in [-0.05, 0) is 48.3 Å². The molecule has 1 saturated heterocycles. The van der Waals surface area contributed by atoms with Crippen molar-refractivity contribution >= 4 is 22.0 Å². The summed E-state index contributed by atoms with van der Waals surface area (Å²) in [6.07, 6.45) is 1.89. The maximum Gasteiger partial charge on any atom is 0.435 e. The standard InChI is InChI=1S/C13H17BrN2O4/c1-13(2,3)19-12(18)16-10(5-11(17)20-16)8-4-9(14)7-15-6-8/h4,6-7,10-11,17H,5H2,1-3H3/t10-,11?/m0/s1. The maximum atomic E-state index is 12.1. The fraction of sp³-hybridized carbons (Fsp3) is 0.538. The van der Waals surface area contributed by atoms with Gasteiger partial charge in [-0.15, -0.1) is 0 Å². The van der Waals surface area contributed by atoms with Crippen molar-refractivity contribution < 1.29 is 19.5 Å². The van der Waals surface area contributed by atoms with Crippen LogP contribution in [0.1, 0.15) is 38.8 Å².